The van der Waals surface area contributed by atoms with Crippen LogP contribution in [0.25, 0.3) is 0 Å². The van der Waals surface area contributed by atoms with Gasteiger partial charge in [0, 0.05) is 23.9 Å². The SMILES string of the molecule is Cc1ccc(OC2CCC(NC(=O)c3ccccc3)CC2)nc1. The fraction of sp³-hybridized carbons (Fsp3) is 0.368. The van der Waals surface area contributed by atoms with Crippen molar-refractivity contribution in [3.8, 4) is 5.88 Å². The number of aromatic nitrogens is 1. The lowest BCUT2D eigenvalue weighted by atomic mass is 9.92. The van der Waals surface area contributed by atoms with Crippen molar-refractivity contribution in [1.29, 1.82) is 0 Å². The Hall–Kier alpha value is -2.36. The summed E-state index contributed by atoms with van der Waals surface area (Å²) in [5, 5.41) is 3.12. The van der Waals surface area contributed by atoms with E-state index in [-0.39, 0.29) is 18.1 Å². The Morgan fingerprint density at radius 2 is 1.83 bits per heavy atom. The van der Waals surface area contributed by atoms with Crippen molar-refractivity contribution >= 4 is 5.91 Å². The number of hydrogen-bond donors (Lipinski definition) is 1. The van der Waals surface area contributed by atoms with Gasteiger partial charge in [-0.3, -0.25) is 4.79 Å². The molecule has 120 valence electrons. The quantitative estimate of drug-likeness (QED) is 0.940. The number of nitrogens with one attached hydrogen (secondary N) is 1. The van der Waals surface area contributed by atoms with Crippen LogP contribution in [0.2, 0.25) is 0 Å². The Bertz CT molecular complexity index is 632. The number of pyridine rings is 1. The smallest absolute Gasteiger partial charge is 0.251 e. The summed E-state index contributed by atoms with van der Waals surface area (Å²) in [5.74, 6) is 0.697. The zero-order valence-corrected chi connectivity index (χ0v) is 13.4. The van der Waals surface area contributed by atoms with Gasteiger partial charge in [0.05, 0.1) is 0 Å². The van der Waals surface area contributed by atoms with Crippen LogP contribution in [0.1, 0.15) is 41.6 Å². The molecule has 1 fully saturated rings. The van der Waals surface area contributed by atoms with Gasteiger partial charge >= 0.3 is 0 Å². The van der Waals surface area contributed by atoms with E-state index in [1.165, 1.54) is 0 Å². The van der Waals surface area contributed by atoms with Crippen LogP contribution in [0.15, 0.2) is 48.7 Å². The molecule has 1 aromatic heterocycles. The maximum atomic E-state index is 12.2. The average Bonchev–Trinajstić information content (AvgIpc) is 2.59. The lowest BCUT2D eigenvalue weighted by Gasteiger charge is -2.29. The van der Waals surface area contributed by atoms with Crippen LogP contribution in [-0.4, -0.2) is 23.0 Å². The summed E-state index contributed by atoms with van der Waals surface area (Å²) < 4.78 is 5.92. The van der Waals surface area contributed by atoms with E-state index in [1.54, 1.807) is 0 Å². The maximum Gasteiger partial charge on any atom is 0.251 e. The number of carbonyl (C=O) groups excluding carboxylic acids is 1. The molecule has 3 rings (SSSR count). The van der Waals surface area contributed by atoms with Gasteiger partial charge in [0.25, 0.3) is 5.91 Å². The van der Waals surface area contributed by atoms with Gasteiger partial charge in [0.2, 0.25) is 5.88 Å². The van der Waals surface area contributed by atoms with Crippen LogP contribution < -0.4 is 10.1 Å². The first-order chi connectivity index (χ1) is 11.2. The molecule has 1 aromatic carbocycles. The minimum Gasteiger partial charge on any atom is -0.474 e. The number of hydrogen-bond acceptors (Lipinski definition) is 3. The van der Waals surface area contributed by atoms with Gasteiger partial charge < -0.3 is 10.1 Å². The average molecular weight is 310 g/mol. The highest BCUT2D eigenvalue weighted by Gasteiger charge is 2.24. The van der Waals surface area contributed by atoms with Gasteiger partial charge in [-0.05, 0) is 50.3 Å². The molecule has 4 nitrogen and oxygen atoms in total. The molecular weight excluding hydrogens is 288 g/mol. The van der Waals surface area contributed by atoms with Crippen LogP contribution >= 0.6 is 0 Å². The van der Waals surface area contributed by atoms with Crippen molar-refractivity contribution in [2.75, 3.05) is 0 Å². The van der Waals surface area contributed by atoms with E-state index >= 15 is 0 Å². The maximum absolute atomic E-state index is 12.2. The molecule has 2 aromatic rings. The minimum atomic E-state index is 0.00942. The minimum absolute atomic E-state index is 0.00942. The third-order valence-electron chi connectivity index (χ3n) is 4.22. The number of rotatable bonds is 4. The monoisotopic (exact) mass is 310 g/mol. The molecule has 4 heteroatoms. The fourth-order valence-electron chi connectivity index (χ4n) is 2.88. The van der Waals surface area contributed by atoms with Gasteiger partial charge in [0.15, 0.2) is 0 Å². The predicted molar refractivity (Wildman–Crippen MR) is 89.6 cm³/mol. The number of aryl methyl sites for hydroxylation is 1. The first kappa shape index (κ1) is 15.5. The van der Waals surface area contributed by atoms with Crippen molar-refractivity contribution in [2.24, 2.45) is 0 Å². The summed E-state index contributed by atoms with van der Waals surface area (Å²) in [6, 6.07) is 13.5. The van der Waals surface area contributed by atoms with Crippen molar-refractivity contribution in [2.45, 2.75) is 44.8 Å². The molecule has 1 aliphatic carbocycles. The molecular formula is C19H22N2O2. The van der Waals surface area contributed by atoms with Crippen LogP contribution in [-0.2, 0) is 0 Å². The highest BCUT2D eigenvalue weighted by Crippen LogP contribution is 2.23. The van der Waals surface area contributed by atoms with Crippen LogP contribution in [0.3, 0.4) is 0 Å². The van der Waals surface area contributed by atoms with Crippen LogP contribution in [0.5, 0.6) is 5.88 Å². The molecule has 1 amide bonds. The Kier molecular flexibility index (Phi) is 4.91. The van der Waals surface area contributed by atoms with Crippen molar-refractivity contribution in [3.05, 3.63) is 59.8 Å². The molecule has 0 bridgehead atoms. The zero-order valence-electron chi connectivity index (χ0n) is 13.4. The van der Waals surface area contributed by atoms with E-state index in [0.717, 1.165) is 36.8 Å². The van der Waals surface area contributed by atoms with Gasteiger partial charge in [-0.15, -0.1) is 0 Å². The standard InChI is InChI=1S/C19H22N2O2/c1-14-7-12-18(20-13-14)23-17-10-8-16(9-11-17)21-19(22)15-5-3-2-4-6-15/h2-7,12-13,16-17H,8-11H2,1H3,(H,21,22). The van der Waals surface area contributed by atoms with Gasteiger partial charge in [-0.25, -0.2) is 4.98 Å². The van der Waals surface area contributed by atoms with Crippen LogP contribution in [0, 0.1) is 6.92 Å². The summed E-state index contributed by atoms with van der Waals surface area (Å²) in [4.78, 5) is 16.5. The molecule has 1 saturated carbocycles. The van der Waals surface area contributed by atoms with E-state index in [0.29, 0.717) is 5.88 Å². The molecule has 0 unspecified atom stereocenters. The van der Waals surface area contributed by atoms with E-state index in [9.17, 15) is 4.79 Å². The first-order valence-electron chi connectivity index (χ1n) is 8.16. The predicted octanol–water partition coefficient (Wildman–Crippen LogP) is 3.51. The third kappa shape index (κ3) is 4.31. The molecule has 0 atom stereocenters. The van der Waals surface area contributed by atoms with Crippen LogP contribution in [0.4, 0.5) is 0 Å². The van der Waals surface area contributed by atoms with E-state index in [4.69, 9.17) is 4.74 Å². The summed E-state index contributed by atoms with van der Waals surface area (Å²) >= 11 is 0. The normalized spacial score (nSPS) is 20.7. The summed E-state index contributed by atoms with van der Waals surface area (Å²) in [5.41, 5.74) is 1.85. The molecule has 0 spiro atoms. The topological polar surface area (TPSA) is 51.2 Å². The number of amides is 1. The van der Waals surface area contributed by atoms with Gasteiger partial charge in [-0.1, -0.05) is 24.3 Å². The zero-order chi connectivity index (χ0) is 16.1. The molecule has 1 N–H and O–H groups in total. The fourth-order valence-corrected chi connectivity index (χ4v) is 2.88. The number of benzene rings is 1. The largest absolute Gasteiger partial charge is 0.474 e. The molecule has 1 aliphatic rings. The van der Waals surface area contributed by atoms with Gasteiger partial charge in [0.1, 0.15) is 6.10 Å². The number of carbonyl (C=O) groups is 1. The second-order valence-electron chi connectivity index (χ2n) is 6.10. The second-order valence-corrected chi connectivity index (χ2v) is 6.10. The Balaban J connectivity index is 1.47. The van der Waals surface area contributed by atoms with Crippen molar-refractivity contribution < 1.29 is 9.53 Å². The van der Waals surface area contributed by atoms with E-state index in [1.807, 2.05) is 55.6 Å². The Morgan fingerprint density at radius 3 is 2.48 bits per heavy atom. The van der Waals surface area contributed by atoms with Crippen molar-refractivity contribution in [3.63, 3.8) is 0 Å². The Labute approximate surface area is 136 Å². The van der Waals surface area contributed by atoms with E-state index in [2.05, 4.69) is 10.3 Å². The molecule has 0 saturated heterocycles. The third-order valence-corrected chi connectivity index (χ3v) is 4.22. The molecule has 0 radical (unpaired) electrons. The highest BCUT2D eigenvalue weighted by atomic mass is 16.5. The number of ether oxygens (including phenoxy) is 1. The lowest BCUT2D eigenvalue weighted by molar-refractivity contribution is 0.0890. The summed E-state index contributed by atoms with van der Waals surface area (Å²) in [6.07, 6.45) is 5.77. The molecule has 0 aliphatic heterocycles. The lowest BCUT2D eigenvalue weighted by Crippen LogP contribution is -2.39. The summed E-state index contributed by atoms with van der Waals surface area (Å²) in [6.45, 7) is 2.01. The van der Waals surface area contributed by atoms with Gasteiger partial charge in [-0.2, -0.15) is 0 Å². The highest BCUT2D eigenvalue weighted by molar-refractivity contribution is 5.94. The Morgan fingerprint density at radius 1 is 1.09 bits per heavy atom. The number of nitrogens with zero attached hydrogens (tertiary/aromatic N) is 1. The molecule has 1 heterocycles. The van der Waals surface area contributed by atoms with Crippen molar-refractivity contribution in [1.82, 2.24) is 10.3 Å². The summed E-state index contributed by atoms with van der Waals surface area (Å²) in [7, 11) is 0. The molecule has 23 heavy (non-hydrogen) atoms. The van der Waals surface area contributed by atoms with E-state index < -0.39 is 0 Å². The second kappa shape index (κ2) is 7.27. The first-order valence-corrected chi connectivity index (χ1v) is 8.16.